The minimum atomic E-state index is 0.0482. The zero-order valence-electron chi connectivity index (χ0n) is 19.2. The number of benzene rings is 1. The van der Waals surface area contributed by atoms with Crippen molar-refractivity contribution in [2.24, 2.45) is 17.8 Å². The molecule has 3 fully saturated rings. The number of fused-ring (bicyclic) bond motifs is 4. The third-order valence-electron chi connectivity index (χ3n) is 8.02. The molecule has 1 saturated heterocycles. The van der Waals surface area contributed by atoms with E-state index in [1.165, 1.54) is 12.8 Å². The first-order valence-electron chi connectivity index (χ1n) is 12.2. The number of nitrogens with zero attached hydrogens (tertiary/aromatic N) is 3. The number of nitrogens with one attached hydrogen (secondary N) is 1. The number of morpholine rings is 1. The fourth-order valence-corrected chi connectivity index (χ4v) is 6.41. The fourth-order valence-electron chi connectivity index (χ4n) is 6.41. The minimum absolute atomic E-state index is 0.0482. The van der Waals surface area contributed by atoms with Gasteiger partial charge in [0, 0.05) is 43.6 Å². The second-order valence-electron chi connectivity index (χ2n) is 9.83. The number of carbonyl (C=O) groups excluding carboxylic acids is 1. The Morgan fingerprint density at radius 1 is 1.15 bits per heavy atom. The highest BCUT2D eigenvalue weighted by molar-refractivity contribution is 6.00. The van der Waals surface area contributed by atoms with Crippen LogP contribution >= 0.6 is 0 Å². The van der Waals surface area contributed by atoms with Crippen molar-refractivity contribution in [1.82, 2.24) is 4.98 Å². The number of hydrogen-bond acceptors (Lipinski definition) is 6. The molecule has 7 nitrogen and oxygen atoms in total. The highest BCUT2D eigenvalue weighted by Crippen LogP contribution is 2.48. The largest absolute Gasteiger partial charge is 0.381 e. The topological polar surface area (TPSA) is 66.9 Å². The maximum Gasteiger partial charge on any atom is 0.230 e. The Kier molecular flexibility index (Phi) is 5.46. The highest BCUT2D eigenvalue weighted by Gasteiger charge is 2.46. The summed E-state index contributed by atoms with van der Waals surface area (Å²) in [7, 11) is 1.83. The van der Waals surface area contributed by atoms with Crippen LogP contribution in [0.15, 0.2) is 36.5 Å². The van der Waals surface area contributed by atoms with Crippen molar-refractivity contribution >= 4 is 28.8 Å². The molecule has 4 aliphatic rings. The Balaban J connectivity index is 1.35. The van der Waals surface area contributed by atoms with E-state index in [1.54, 1.807) is 6.20 Å². The number of aromatic nitrogens is 1. The van der Waals surface area contributed by atoms with Gasteiger partial charge in [-0.1, -0.05) is 6.07 Å². The predicted octanol–water partition coefficient (Wildman–Crippen LogP) is 3.96. The van der Waals surface area contributed by atoms with Gasteiger partial charge in [0.2, 0.25) is 5.91 Å². The summed E-state index contributed by atoms with van der Waals surface area (Å²) >= 11 is 0. The van der Waals surface area contributed by atoms with Gasteiger partial charge in [-0.15, -0.1) is 0 Å². The van der Waals surface area contributed by atoms with Crippen molar-refractivity contribution in [3.63, 3.8) is 0 Å². The molecule has 2 unspecified atom stereocenters. The van der Waals surface area contributed by atoms with E-state index in [0.29, 0.717) is 24.5 Å². The Hall–Kier alpha value is -2.64. The lowest BCUT2D eigenvalue weighted by Crippen LogP contribution is -2.42. The van der Waals surface area contributed by atoms with Crippen LogP contribution in [0.4, 0.5) is 22.9 Å². The van der Waals surface area contributed by atoms with Gasteiger partial charge in [-0.2, -0.15) is 0 Å². The molecular formula is C26H32N4O3. The third-order valence-corrected chi connectivity index (χ3v) is 8.02. The highest BCUT2D eigenvalue weighted by atomic mass is 16.5. The van der Waals surface area contributed by atoms with Crippen molar-refractivity contribution in [2.45, 2.75) is 38.3 Å². The van der Waals surface area contributed by atoms with E-state index in [0.717, 1.165) is 67.6 Å². The van der Waals surface area contributed by atoms with Crippen molar-refractivity contribution in [3.8, 4) is 0 Å². The second kappa shape index (κ2) is 8.61. The molecule has 2 aromatic rings. The molecule has 2 saturated carbocycles. The number of carbonyl (C=O) groups is 1. The SMILES string of the molecule is COC1C2CCC1CC(C(=O)N1Cc3cccnc3Nc3ccc(N4CCOCC4)cc31)C2. The number of rotatable bonds is 3. The van der Waals surface area contributed by atoms with E-state index in [9.17, 15) is 4.79 Å². The van der Waals surface area contributed by atoms with E-state index >= 15 is 0 Å². The van der Waals surface area contributed by atoms with Crippen LogP contribution in [0.5, 0.6) is 0 Å². The lowest BCUT2D eigenvalue weighted by molar-refractivity contribution is -0.126. The van der Waals surface area contributed by atoms with Gasteiger partial charge in [0.15, 0.2) is 0 Å². The van der Waals surface area contributed by atoms with Gasteiger partial charge in [0.25, 0.3) is 0 Å². The van der Waals surface area contributed by atoms with Crippen molar-refractivity contribution in [3.05, 3.63) is 42.1 Å². The summed E-state index contributed by atoms with van der Waals surface area (Å²) in [5.41, 5.74) is 4.07. The lowest BCUT2D eigenvalue weighted by atomic mass is 9.78. The molecule has 33 heavy (non-hydrogen) atoms. The van der Waals surface area contributed by atoms with Gasteiger partial charge in [-0.3, -0.25) is 4.79 Å². The summed E-state index contributed by atoms with van der Waals surface area (Å²) in [6.45, 7) is 3.74. The molecule has 1 aromatic carbocycles. The summed E-state index contributed by atoms with van der Waals surface area (Å²) in [5, 5.41) is 3.50. The number of ether oxygens (including phenoxy) is 2. The van der Waals surface area contributed by atoms with Crippen LogP contribution < -0.4 is 15.1 Å². The van der Waals surface area contributed by atoms with Crippen LogP contribution in [0.3, 0.4) is 0 Å². The normalized spacial score (nSPS) is 28.5. The van der Waals surface area contributed by atoms with Crippen molar-refractivity contribution < 1.29 is 14.3 Å². The van der Waals surface area contributed by atoms with Gasteiger partial charge >= 0.3 is 0 Å². The van der Waals surface area contributed by atoms with E-state index in [4.69, 9.17) is 9.47 Å². The van der Waals surface area contributed by atoms with Crippen LogP contribution in [0.25, 0.3) is 0 Å². The third kappa shape index (κ3) is 3.77. The second-order valence-corrected chi connectivity index (χ2v) is 9.83. The molecular weight excluding hydrogens is 416 g/mol. The van der Waals surface area contributed by atoms with E-state index in [-0.39, 0.29) is 11.8 Å². The Bertz CT molecular complexity index is 1020. The summed E-state index contributed by atoms with van der Waals surface area (Å²) in [6, 6.07) is 10.4. The Labute approximate surface area is 195 Å². The average Bonchev–Trinajstić information content (AvgIpc) is 3.02. The van der Waals surface area contributed by atoms with Crippen LogP contribution in [0.2, 0.25) is 0 Å². The number of pyridine rings is 1. The summed E-state index contributed by atoms with van der Waals surface area (Å²) in [6.07, 6.45) is 6.34. The van der Waals surface area contributed by atoms with E-state index in [2.05, 4.69) is 39.5 Å². The first kappa shape index (κ1) is 20.9. The molecule has 2 aliphatic heterocycles. The zero-order chi connectivity index (χ0) is 22.4. The molecule has 3 heterocycles. The van der Waals surface area contributed by atoms with Crippen LogP contribution in [-0.2, 0) is 20.8 Å². The molecule has 0 spiro atoms. The average molecular weight is 449 g/mol. The van der Waals surface area contributed by atoms with Crippen molar-refractivity contribution in [2.75, 3.05) is 48.5 Å². The maximum atomic E-state index is 14.1. The van der Waals surface area contributed by atoms with Gasteiger partial charge in [0.1, 0.15) is 5.82 Å². The predicted molar refractivity (Wildman–Crippen MR) is 128 cm³/mol. The molecule has 2 atom stereocenters. The first-order valence-corrected chi connectivity index (χ1v) is 12.2. The molecule has 2 aliphatic carbocycles. The first-order chi connectivity index (χ1) is 16.2. The Morgan fingerprint density at radius 3 is 2.70 bits per heavy atom. The molecule has 0 radical (unpaired) electrons. The Morgan fingerprint density at radius 2 is 1.94 bits per heavy atom. The standard InChI is InChI=1S/C26H32N4O3/c1-32-24-17-4-5-18(24)14-20(13-17)26(31)30-16-19-3-2-8-27-25(19)28-22-7-6-21(15-23(22)30)29-9-11-33-12-10-29/h2-3,6-8,15,17-18,20,24H,4-5,9-14,16H2,1H3,(H,27,28). The van der Waals surface area contributed by atoms with Crippen LogP contribution in [0.1, 0.15) is 31.2 Å². The molecule has 1 amide bonds. The number of hydrogen-bond donors (Lipinski definition) is 1. The van der Waals surface area contributed by atoms with Gasteiger partial charge < -0.3 is 24.6 Å². The maximum absolute atomic E-state index is 14.1. The van der Waals surface area contributed by atoms with Gasteiger partial charge in [-0.05, 0) is 61.8 Å². The summed E-state index contributed by atoms with van der Waals surface area (Å²) < 4.78 is 11.3. The number of methoxy groups -OCH3 is 1. The van der Waals surface area contributed by atoms with E-state index < -0.39 is 0 Å². The van der Waals surface area contributed by atoms with Crippen LogP contribution in [-0.4, -0.2) is 50.4 Å². The fraction of sp³-hybridized carbons (Fsp3) is 0.538. The molecule has 1 N–H and O–H groups in total. The smallest absolute Gasteiger partial charge is 0.230 e. The monoisotopic (exact) mass is 448 g/mol. The summed E-state index contributed by atoms with van der Waals surface area (Å²) in [4.78, 5) is 23.0. The summed E-state index contributed by atoms with van der Waals surface area (Å²) in [5.74, 6) is 2.12. The number of anilines is 4. The molecule has 1 aromatic heterocycles. The quantitative estimate of drug-likeness (QED) is 0.767. The molecule has 2 bridgehead atoms. The van der Waals surface area contributed by atoms with Crippen LogP contribution in [0, 0.1) is 17.8 Å². The lowest BCUT2D eigenvalue weighted by Gasteiger charge is -2.36. The molecule has 7 heteroatoms. The molecule has 174 valence electrons. The van der Waals surface area contributed by atoms with Gasteiger partial charge in [-0.25, -0.2) is 4.98 Å². The van der Waals surface area contributed by atoms with E-state index in [1.807, 2.05) is 18.1 Å². The van der Waals surface area contributed by atoms with Crippen molar-refractivity contribution in [1.29, 1.82) is 0 Å². The minimum Gasteiger partial charge on any atom is -0.381 e. The zero-order valence-corrected chi connectivity index (χ0v) is 19.2. The van der Waals surface area contributed by atoms with Gasteiger partial charge in [0.05, 0.1) is 37.2 Å². The number of amides is 1. The molecule has 6 rings (SSSR count).